The van der Waals surface area contributed by atoms with Crippen molar-refractivity contribution in [2.24, 2.45) is 0 Å². The van der Waals surface area contributed by atoms with Crippen LogP contribution < -0.4 is 0 Å². The highest BCUT2D eigenvalue weighted by molar-refractivity contribution is 7.99. The third-order valence-electron chi connectivity index (χ3n) is 3.71. The molecule has 1 fully saturated rings. The number of thioether (sulfide) groups is 1. The third-order valence-corrected chi connectivity index (χ3v) is 6.47. The van der Waals surface area contributed by atoms with Crippen LogP contribution in [0.5, 0.6) is 0 Å². The minimum absolute atomic E-state index is 0.0146. The van der Waals surface area contributed by atoms with Gasteiger partial charge in [-0.05, 0) is 37.6 Å². The van der Waals surface area contributed by atoms with Crippen molar-refractivity contribution < 1.29 is 17.6 Å². The van der Waals surface area contributed by atoms with Crippen molar-refractivity contribution >= 4 is 27.5 Å². The van der Waals surface area contributed by atoms with Crippen LogP contribution in [0.2, 0.25) is 0 Å². The lowest BCUT2D eigenvalue weighted by Gasteiger charge is -2.26. The van der Waals surface area contributed by atoms with E-state index in [4.69, 9.17) is 0 Å². The molecule has 122 valence electrons. The smallest absolute Gasteiger partial charge is 0.223 e. The SMILES string of the molecule is CCN(C(=O)CCSc1ccc(F)cc1)[C@H]1CCS(=O)(=O)C1. The van der Waals surface area contributed by atoms with Crippen LogP contribution in [0.15, 0.2) is 29.2 Å². The molecule has 1 aromatic rings. The molecule has 1 aromatic carbocycles. The van der Waals surface area contributed by atoms with Gasteiger partial charge in [0.1, 0.15) is 5.82 Å². The van der Waals surface area contributed by atoms with Crippen LogP contribution in [0.1, 0.15) is 19.8 Å². The summed E-state index contributed by atoms with van der Waals surface area (Å²) in [6.07, 6.45) is 0.888. The topological polar surface area (TPSA) is 54.5 Å². The average Bonchev–Trinajstić information content (AvgIpc) is 2.82. The number of halogens is 1. The number of carbonyl (C=O) groups is 1. The van der Waals surface area contributed by atoms with Crippen molar-refractivity contribution in [3.8, 4) is 0 Å². The summed E-state index contributed by atoms with van der Waals surface area (Å²) >= 11 is 1.50. The van der Waals surface area contributed by atoms with E-state index in [1.807, 2.05) is 6.92 Å². The number of hydrogen-bond donors (Lipinski definition) is 0. The molecule has 0 aliphatic carbocycles. The molecule has 0 unspecified atom stereocenters. The van der Waals surface area contributed by atoms with Crippen molar-refractivity contribution in [1.82, 2.24) is 4.90 Å². The molecule has 1 aliphatic heterocycles. The lowest BCUT2D eigenvalue weighted by Crippen LogP contribution is -2.41. The number of sulfone groups is 1. The molecule has 22 heavy (non-hydrogen) atoms. The van der Waals surface area contributed by atoms with Crippen LogP contribution in [0.25, 0.3) is 0 Å². The minimum Gasteiger partial charge on any atom is -0.339 e. The molecule has 1 aliphatic rings. The molecule has 0 radical (unpaired) electrons. The lowest BCUT2D eigenvalue weighted by atomic mass is 10.2. The first-order valence-electron chi connectivity index (χ1n) is 7.29. The maximum atomic E-state index is 12.8. The Morgan fingerprint density at radius 1 is 1.36 bits per heavy atom. The Bertz CT molecular complexity index is 616. The van der Waals surface area contributed by atoms with Crippen LogP contribution in [-0.2, 0) is 14.6 Å². The normalized spacial score (nSPS) is 20.0. The molecule has 0 saturated carbocycles. The molecule has 2 rings (SSSR count). The Balaban J connectivity index is 1.83. The van der Waals surface area contributed by atoms with Gasteiger partial charge in [-0.15, -0.1) is 11.8 Å². The van der Waals surface area contributed by atoms with Gasteiger partial charge >= 0.3 is 0 Å². The van der Waals surface area contributed by atoms with Gasteiger partial charge in [0.25, 0.3) is 0 Å². The Labute approximate surface area is 135 Å². The number of benzene rings is 1. The van der Waals surface area contributed by atoms with E-state index in [-0.39, 0.29) is 29.3 Å². The molecule has 0 spiro atoms. The molecule has 1 amide bonds. The van der Waals surface area contributed by atoms with E-state index in [1.54, 1.807) is 17.0 Å². The van der Waals surface area contributed by atoms with Crippen LogP contribution in [-0.4, -0.2) is 49.1 Å². The lowest BCUT2D eigenvalue weighted by molar-refractivity contribution is -0.132. The zero-order chi connectivity index (χ0) is 16.2. The molecule has 1 atom stereocenters. The van der Waals surface area contributed by atoms with Crippen LogP contribution in [0, 0.1) is 5.82 Å². The van der Waals surface area contributed by atoms with Gasteiger partial charge < -0.3 is 4.90 Å². The number of rotatable bonds is 6. The number of carbonyl (C=O) groups excluding carboxylic acids is 1. The molecular weight excluding hydrogens is 325 g/mol. The number of hydrogen-bond acceptors (Lipinski definition) is 4. The van der Waals surface area contributed by atoms with E-state index in [1.165, 1.54) is 23.9 Å². The van der Waals surface area contributed by atoms with E-state index in [9.17, 15) is 17.6 Å². The van der Waals surface area contributed by atoms with Gasteiger partial charge in [0.2, 0.25) is 5.91 Å². The summed E-state index contributed by atoms with van der Waals surface area (Å²) in [4.78, 5) is 14.9. The predicted octanol–water partition coefficient (Wildman–Crippen LogP) is 2.34. The van der Waals surface area contributed by atoms with E-state index >= 15 is 0 Å². The van der Waals surface area contributed by atoms with Crippen molar-refractivity contribution in [2.45, 2.75) is 30.7 Å². The van der Waals surface area contributed by atoms with Gasteiger partial charge in [-0.3, -0.25) is 4.79 Å². The van der Waals surface area contributed by atoms with E-state index in [0.29, 0.717) is 25.1 Å². The highest BCUT2D eigenvalue weighted by Crippen LogP contribution is 2.21. The predicted molar refractivity (Wildman–Crippen MR) is 86.2 cm³/mol. The second-order valence-corrected chi connectivity index (χ2v) is 8.69. The van der Waals surface area contributed by atoms with Crippen LogP contribution in [0.3, 0.4) is 0 Å². The fraction of sp³-hybridized carbons (Fsp3) is 0.533. The van der Waals surface area contributed by atoms with Crippen LogP contribution in [0.4, 0.5) is 4.39 Å². The quantitative estimate of drug-likeness (QED) is 0.743. The Kier molecular flexibility index (Phi) is 5.86. The minimum atomic E-state index is -2.99. The standard InChI is InChI=1S/C15H20FNO3S2/c1-2-17(13-8-10-22(19,20)11-13)15(18)7-9-21-14-5-3-12(16)4-6-14/h3-6,13H,2,7-11H2,1H3/t13-/m0/s1. The maximum Gasteiger partial charge on any atom is 0.223 e. The van der Waals surface area contributed by atoms with Crippen LogP contribution >= 0.6 is 11.8 Å². The fourth-order valence-electron chi connectivity index (χ4n) is 2.59. The van der Waals surface area contributed by atoms with Gasteiger partial charge in [-0.2, -0.15) is 0 Å². The van der Waals surface area contributed by atoms with Crippen molar-refractivity contribution in [3.05, 3.63) is 30.1 Å². The maximum absolute atomic E-state index is 12.8. The molecule has 7 heteroatoms. The van der Waals surface area contributed by atoms with Crippen molar-refractivity contribution in [1.29, 1.82) is 0 Å². The highest BCUT2D eigenvalue weighted by Gasteiger charge is 2.33. The van der Waals surface area contributed by atoms with Gasteiger partial charge in [0.05, 0.1) is 11.5 Å². The summed E-state index contributed by atoms with van der Waals surface area (Å²) in [7, 11) is -2.99. The van der Waals surface area contributed by atoms with E-state index in [0.717, 1.165) is 4.90 Å². The van der Waals surface area contributed by atoms with Gasteiger partial charge in [0, 0.05) is 29.7 Å². The van der Waals surface area contributed by atoms with E-state index < -0.39 is 9.84 Å². The molecular formula is C15H20FNO3S2. The van der Waals surface area contributed by atoms with Gasteiger partial charge in [0.15, 0.2) is 9.84 Å². The summed E-state index contributed by atoms with van der Waals surface area (Å²) < 4.78 is 35.9. The largest absolute Gasteiger partial charge is 0.339 e. The Morgan fingerprint density at radius 2 is 2.05 bits per heavy atom. The molecule has 0 N–H and O–H groups in total. The number of nitrogens with zero attached hydrogens (tertiary/aromatic N) is 1. The van der Waals surface area contributed by atoms with Crippen molar-refractivity contribution in [2.75, 3.05) is 23.8 Å². The zero-order valence-electron chi connectivity index (χ0n) is 12.5. The average molecular weight is 345 g/mol. The summed E-state index contributed by atoms with van der Waals surface area (Å²) in [6.45, 7) is 2.40. The molecule has 0 bridgehead atoms. The number of amides is 1. The first kappa shape index (κ1) is 17.3. The third kappa shape index (κ3) is 4.71. The summed E-state index contributed by atoms with van der Waals surface area (Å²) in [5, 5.41) is 0. The van der Waals surface area contributed by atoms with Gasteiger partial charge in [-0.25, -0.2) is 12.8 Å². The summed E-state index contributed by atoms with van der Waals surface area (Å²) in [5.74, 6) is 0.559. The highest BCUT2D eigenvalue weighted by atomic mass is 32.2. The summed E-state index contributed by atoms with van der Waals surface area (Å²) in [6, 6.07) is 5.98. The molecule has 0 aromatic heterocycles. The second kappa shape index (κ2) is 7.46. The Morgan fingerprint density at radius 3 is 2.59 bits per heavy atom. The molecule has 4 nitrogen and oxygen atoms in total. The Hall–Kier alpha value is -1.08. The first-order chi connectivity index (χ1) is 10.4. The second-order valence-electron chi connectivity index (χ2n) is 5.29. The molecule has 1 heterocycles. The monoisotopic (exact) mass is 345 g/mol. The van der Waals surface area contributed by atoms with Gasteiger partial charge in [-0.1, -0.05) is 0 Å². The van der Waals surface area contributed by atoms with E-state index in [2.05, 4.69) is 0 Å². The fourth-order valence-corrected chi connectivity index (χ4v) is 5.16. The zero-order valence-corrected chi connectivity index (χ0v) is 14.1. The first-order valence-corrected chi connectivity index (χ1v) is 10.1. The summed E-state index contributed by atoms with van der Waals surface area (Å²) in [5.41, 5.74) is 0. The molecule has 1 saturated heterocycles. The van der Waals surface area contributed by atoms with Crippen molar-refractivity contribution in [3.63, 3.8) is 0 Å².